The third kappa shape index (κ3) is 8.38. The van der Waals surface area contributed by atoms with Crippen LogP contribution < -0.4 is 4.74 Å². The van der Waals surface area contributed by atoms with Crippen molar-refractivity contribution in [3.63, 3.8) is 0 Å². The first-order valence-electron chi connectivity index (χ1n) is 8.50. The highest BCUT2D eigenvalue weighted by molar-refractivity contribution is 5.97. The summed E-state index contributed by atoms with van der Waals surface area (Å²) >= 11 is 0. The molecule has 0 saturated heterocycles. The van der Waals surface area contributed by atoms with E-state index in [0.29, 0.717) is 13.0 Å². The Morgan fingerprint density at radius 3 is 2.30 bits per heavy atom. The van der Waals surface area contributed by atoms with Crippen LogP contribution in [0.1, 0.15) is 52.4 Å². The Morgan fingerprint density at radius 2 is 1.65 bits per heavy atom. The average molecular weight is 320 g/mol. The van der Waals surface area contributed by atoms with Gasteiger partial charge in [0, 0.05) is 0 Å². The maximum atomic E-state index is 11.7. The van der Waals surface area contributed by atoms with Crippen LogP contribution in [0.2, 0.25) is 0 Å². The van der Waals surface area contributed by atoms with E-state index in [1.807, 2.05) is 30.3 Å². The van der Waals surface area contributed by atoms with Gasteiger partial charge in [0.05, 0.1) is 13.2 Å². The fourth-order valence-electron chi connectivity index (χ4n) is 2.42. The van der Waals surface area contributed by atoms with Crippen molar-refractivity contribution in [3.8, 4) is 5.75 Å². The molecule has 0 heterocycles. The number of carbonyl (C=O) groups excluding carboxylic acids is 2. The minimum Gasteiger partial charge on any atom is -0.494 e. The van der Waals surface area contributed by atoms with Gasteiger partial charge in [-0.2, -0.15) is 0 Å². The molecule has 0 amide bonds. The van der Waals surface area contributed by atoms with Crippen molar-refractivity contribution in [2.24, 2.45) is 5.92 Å². The molecule has 128 valence electrons. The van der Waals surface area contributed by atoms with Crippen LogP contribution in [0.25, 0.3) is 0 Å². The van der Waals surface area contributed by atoms with Gasteiger partial charge in [0.25, 0.3) is 0 Å². The van der Waals surface area contributed by atoms with E-state index in [4.69, 9.17) is 9.47 Å². The van der Waals surface area contributed by atoms with E-state index in [2.05, 4.69) is 0 Å². The van der Waals surface area contributed by atoms with Crippen molar-refractivity contribution in [1.82, 2.24) is 0 Å². The van der Waals surface area contributed by atoms with Crippen LogP contribution in [0.5, 0.6) is 5.75 Å². The van der Waals surface area contributed by atoms with Crippen molar-refractivity contribution in [3.05, 3.63) is 30.3 Å². The number of hydrogen-bond donors (Lipinski definition) is 0. The number of para-hydroxylation sites is 1. The molecule has 0 N–H and O–H groups in total. The van der Waals surface area contributed by atoms with Crippen LogP contribution in [-0.4, -0.2) is 25.0 Å². The van der Waals surface area contributed by atoms with E-state index >= 15 is 0 Å². The van der Waals surface area contributed by atoms with E-state index < -0.39 is 5.92 Å². The summed E-state index contributed by atoms with van der Waals surface area (Å²) in [5, 5.41) is 0. The standard InChI is InChI=1S/C19H28O4/c1-3-22-19(21)18(16(2)20)14-10-5-4-6-11-15-23-17-12-8-7-9-13-17/h7-9,12-13,18H,3-6,10-11,14-15H2,1-2H3. The van der Waals surface area contributed by atoms with Crippen molar-refractivity contribution >= 4 is 11.8 Å². The minimum atomic E-state index is -0.587. The second-order valence-electron chi connectivity index (χ2n) is 5.63. The van der Waals surface area contributed by atoms with Crippen molar-refractivity contribution < 1.29 is 19.1 Å². The first-order valence-corrected chi connectivity index (χ1v) is 8.50. The second-order valence-corrected chi connectivity index (χ2v) is 5.63. The molecule has 1 unspecified atom stereocenters. The van der Waals surface area contributed by atoms with Gasteiger partial charge in [0.1, 0.15) is 17.5 Å². The summed E-state index contributed by atoms with van der Waals surface area (Å²) in [5.74, 6) is -0.154. The van der Waals surface area contributed by atoms with Crippen molar-refractivity contribution in [1.29, 1.82) is 0 Å². The van der Waals surface area contributed by atoms with E-state index in [1.165, 1.54) is 6.92 Å². The summed E-state index contributed by atoms with van der Waals surface area (Å²) < 4.78 is 10.6. The molecule has 1 aromatic carbocycles. The van der Waals surface area contributed by atoms with Gasteiger partial charge < -0.3 is 9.47 Å². The lowest BCUT2D eigenvalue weighted by Gasteiger charge is -2.12. The topological polar surface area (TPSA) is 52.6 Å². The van der Waals surface area contributed by atoms with Crippen molar-refractivity contribution in [2.75, 3.05) is 13.2 Å². The fraction of sp³-hybridized carbons (Fsp3) is 0.579. The van der Waals surface area contributed by atoms with E-state index in [9.17, 15) is 9.59 Å². The van der Waals surface area contributed by atoms with Gasteiger partial charge in [-0.3, -0.25) is 9.59 Å². The van der Waals surface area contributed by atoms with Gasteiger partial charge in [0.2, 0.25) is 0 Å². The number of ether oxygens (including phenoxy) is 2. The van der Waals surface area contributed by atoms with E-state index in [0.717, 1.165) is 44.5 Å². The maximum Gasteiger partial charge on any atom is 0.316 e. The molecule has 0 aliphatic carbocycles. The smallest absolute Gasteiger partial charge is 0.316 e. The molecule has 1 rings (SSSR count). The molecule has 0 aromatic heterocycles. The molecule has 0 bridgehead atoms. The Balaban J connectivity index is 2.05. The molecular formula is C19H28O4. The molecule has 0 aliphatic rings. The Hall–Kier alpha value is -1.84. The molecule has 4 nitrogen and oxygen atoms in total. The predicted molar refractivity (Wildman–Crippen MR) is 90.4 cm³/mol. The molecule has 0 spiro atoms. The Bertz CT molecular complexity index is 456. The van der Waals surface area contributed by atoms with Gasteiger partial charge in [-0.05, 0) is 38.8 Å². The van der Waals surface area contributed by atoms with Gasteiger partial charge in [-0.15, -0.1) is 0 Å². The van der Waals surface area contributed by atoms with E-state index in [-0.39, 0.29) is 11.8 Å². The van der Waals surface area contributed by atoms with Crippen LogP contribution >= 0.6 is 0 Å². The highest BCUT2D eigenvalue weighted by Gasteiger charge is 2.23. The number of hydrogen-bond acceptors (Lipinski definition) is 4. The van der Waals surface area contributed by atoms with Crippen LogP contribution in [0.4, 0.5) is 0 Å². The number of Topliss-reactive ketones (excluding diaryl/α,β-unsaturated/α-hetero) is 1. The maximum absolute atomic E-state index is 11.7. The zero-order chi connectivity index (χ0) is 16.9. The van der Waals surface area contributed by atoms with E-state index in [1.54, 1.807) is 6.92 Å². The Kier molecular flexibility index (Phi) is 9.76. The summed E-state index contributed by atoms with van der Waals surface area (Å²) in [6.45, 7) is 4.27. The third-order valence-electron chi connectivity index (χ3n) is 3.71. The van der Waals surface area contributed by atoms with Gasteiger partial charge in [-0.1, -0.05) is 43.9 Å². The number of rotatable bonds is 12. The van der Waals surface area contributed by atoms with Gasteiger partial charge in [0.15, 0.2) is 0 Å². The summed E-state index contributed by atoms with van der Waals surface area (Å²) in [4.78, 5) is 23.1. The lowest BCUT2D eigenvalue weighted by Crippen LogP contribution is -2.24. The lowest BCUT2D eigenvalue weighted by molar-refractivity contribution is -0.151. The normalized spacial score (nSPS) is 11.7. The van der Waals surface area contributed by atoms with Crippen LogP contribution in [0.15, 0.2) is 30.3 Å². The summed E-state index contributed by atoms with van der Waals surface area (Å²) in [5.41, 5.74) is 0. The Labute approximate surface area is 139 Å². The third-order valence-corrected chi connectivity index (χ3v) is 3.71. The lowest BCUT2D eigenvalue weighted by atomic mass is 9.97. The fourth-order valence-corrected chi connectivity index (χ4v) is 2.42. The summed E-state index contributed by atoms with van der Waals surface area (Å²) in [6, 6.07) is 9.81. The summed E-state index contributed by atoms with van der Waals surface area (Å²) in [7, 11) is 0. The number of carbonyl (C=O) groups is 2. The highest BCUT2D eigenvalue weighted by atomic mass is 16.5. The quantitative estimate of drug-likeness (QED) is 0.329. The number of ketones is 1. The molecule has 1 atom stereocenters. The minimum absolute atomic E-state index is 0.0975. The first kappa shape index (κ1) is 19.2. The van der Waals surface area contributed by atoms with Crippen LogP contribution in [0, 0.1) is 5.92 Å². The molecule has 0 aliphatic heterocycles. The molecule has 0 fully saturated rings. The molecule has 1 aromatic rings. The predicted octanol–water partition coefficient (Wildman–Crippen LogP) is 4.17. The second kappa shape index (κ2) is 11.7. The number of benzene rings is 1. The van der Waals surface area contributed by atoms with Gasteiger partial charge >= 0.3 is 5.97 Å². The van der Waals surface area contributed by atoms with Crippen molar-refractivity contribution in [2.45, 2.75) is 52.4 Å². The number of esters is 1. The SMILES string of the molecule is CCOC(=O)C(CCCCCCCOc1ccccc1)C(C)=O. The van der Waals surface area contributed by atoms with Crippen LogP contribution in [0.3, 0.4) is 0 Å². The average Bonchev–Trinajstić information content (AvgIpc) is 2.54. The van der Waals surface area contributed by atoms with Gasteiger partial charge in [-0.25, -0.2) is 0 Å². The molecular weight excluding hydrogens is 292 g/mol. The highest BCUT2D eigenvalue weighted by Crippen LogP contribution is 2.15. The zero-order valence-corrected chi connectivity index (χ0v) is 14.3. The largest absolute Gasteiger partial charge is 0.494 e. The van der Waals surface area contributed by atoms with Crippen LogP contribution in [-0.2, 0) is 14.3 Å². The molecule has 4 heteroatoms. The summed E-state index contributed by atoms with van der Waals surface area (Å²) in [6.07, 6.45) is 5.69. The Morgan fingerprint density at radius 1 is 1.00 bits per heavy atom. The number of unbranched alkanes of at least 4 members (excludes halogenated alkanes) is 4. The monoisotopic (exact) mass is 320 g/mol. The first-order chi connectivity index (χ1) is 11.1. The molecule has 23 heavy (non-hydrogen) atoms. The molecule has 0 radical (unpaired) electrons. The zero-order valence-electron chi connectivity index (χ0n) is 14.3. The molecule has 0 saturated carbocycles.